The molecule has 1 aromatic rings. The number of likely N-dealkylation sites (N-methyl/N-ethyl adjacent to an activating group) is 1. The minimum Gasteiger partial charge on any atom is -0.426 e. The molecule has 168 valence electrons. The van der Waals surface area contributed by atoms with Gasteiger partial charge in [-0.1, -0.05) is 0 Å². The zero-order valence-corrected chi connectivity index (χ0v) is 18.6. The standard InChI is InChI=1S/C19H20F3N3O4S2/c1-4-23-13-8-7-12(31(27,28)19(20,21)22)11-14(13)24(5-2)16(23)10-9-15-17(26)25(6-3)18(30)29-15/h7-11H,4-6H2,1-3H3/b15-9+,16-10+. The zero-order valence-electron chi connectivity index (χ0n) is 16.9. The first-order valence-corrected chi connectivity index (χ1v) is 11.3. The number of hydrogen-bond acceptors (Lipinski definition) is 7. The van der Waals surface area contributed by atoms with Crippen LogP contribution in [0, 0.1) is 0 Å². The first kappa shape index (κ1) is 23.1. The Labute approximate surface area is 183 Å². The lowest BCUT2D eigenvalue weighted by Crippen LogP contribution is -2.28. The van der Waals surface area contributed by atoms with E-state index in [1.165, 1.54) is 17.0 Å². The van der Waals surface area contributed by atoms with Crippen molar-refractivity contribution in [3.8, 4) is 0 Å². The molecule has 0 aliphatic carbocycles. The number of carbonyl (C=O) groups excluding carboxylic acids is 1. The number of alkyl halides is 3. The number of nitrogens with zero attached hydrogens (tertiary/aromatic N) is 3. The number of ether oxygens (including phenoxy) is 1. The lowest BCUT2D eigenvalue weighted by atomic mass is 10.2. The van der Waals surface area contributed by atoms with Crippen LogP contribution in [0.4, 0.5) is 24.5 Å². The highest BCUT2D eigenvalue weighted by molar-refractivity contribution is 7.92. The summed E-state index contributed by atoms with van der Waals surface area (Å²) in [6.07, 6.45) is 3.05. The molecule has 2 aliphatic rings. The smallest absolute Gasteiger partial charge is 0.426 e. The first-order valence-electron chi connectivity index (χ1n) is 9.44. The number of amides is 1. The molecular formula is C19H20F3N3O4S2. The predicted molar refractivity (Wildman–Crippen MR) is 113 cm³/mol. The van der Waals surface area contributed by atoms with E-state index < -0.39 is 20.2 Å². The fourth-order valence-electron chi connectivity index (χ4n) is 3.42. The molecule has 2 heterocycles. The van der Waals surface area contributed by atoms with Crippen molar-refractivity contribution in [2.45, 2.75) is 31.2 Å². The van der Waals surface area contributed by atoms with Crippen LogP contribution >= 0.6 is 12.2 Å². The fraction of sp³-hybridized carbons (Fsp3) is 0.368. The molecule has 7 nitrogen and oxygen atoms in total. The number of carbonyl (C=O) groups is 1. The van der Waals surface area contributed by atoms with Gasteiger partial charge in [0.2, 0.25) is 0 Å². The molecule has 0 saturated carbocycles. The van der Waals surface area contributed by atoms with E-state index in [2.05, 4.69) is 0 Å². The Morgan fingerprint density at radius 2 is 1.58 bits per heavy atom. The number of halogens is 3. The highest BCUT2D eigenvalue weighted by Crippen LogP contribution is 2.44. The van der Waals surface area contributed by atoms with Crippen LogP contribution in [-0.2, 0) is 19.4 Å². The third-order valence-electron chi connectivity index (χ3n) is 4.90. The Morgan fingerprint density at radius 1 is 1.00 bits per heavy atom. The van der Waals surface area contributed by atoms with E-state index in [4.69, 9.17) is 17.0 Å². The minimum atomic E-state index is -5.48. The molecule has 0 spiro atoms. The van der Waals surface area contributed by atoms with Crippen LogP contribution in [0.25, 0.3) is 0 Å². The monoisotopic (exact) mass is 475 g/mol. The van der Waals surface area contributed by atoms with Crippen LogP contribution in [0.3, 0.4) is 0 Å². The predicted octanol–water partition coefficient (Wildman–Crippen LogP) is 3.54. The van der Waals surface area contributed by atoms with Gasteiger partial charge >= 0.3 is 5.51 Å². The summed E-state index contributed by atoms with van der Waals surface area (Å²) in [6.45, 7) is 6.54. The topological polar surface area (TPSA) is 70.2 Å². The number of sulfone groups is 1. The van der Waals surface area contributed by atoms with E-state index in [1.54, 1.807) is 29.7 Å². The van der Waals surface area contributed by atoms with E-state index in [9.17, 15) is 26.4 Å². The van der Waals surface area contributed by atoms with Gasteiger partial charge in [-0.15, -0.1) is 0 Å². The maximum atomic E-state index is 13.0. The van der Waals surface area contributed by atoms with Crippen molar-refractivity contribution in [3.63, 3.8) is 0 Å². The van der Waals surface area contributed by atoms with Gasteiger partial charge < -0.3 is 14.5 Å². The van der Waals surface area contributed by atoms with Crippen LogP contribution in [-0.4, -0.2) is 49.5 Å². The Hall–Kier alpha value is -2.60. The first-order chi connectivity index (χ1) is 14.5. The van der Waals surface area contributed by atoms with Gasteiger partial charge in [-0.3, -0.25) is 9.69 Å². The van der Waals surface area contributed by atoms with Gasteiger partial charge in [0.15, 0.2) is 5.76 Å². The van der Waals surface area contributed by atoms with Crippen molar-refractivity contribution in [2.75, 3.05) is 29.4 Å². The highest BCUT2D eigenvalue weighted by atomic mass is 32.2. The summed E-state index contributed by atoms with van der Waals surface area (Å²) < 4.78 is 68.0. The molecule has 1 amide bonds. The quantitative estimate of drug-likeness (QED) is 0.477. The Kier molecular flexibility index (Phi) is 6.07. The van der Waals surface area contributed by atoms with Gasteiger partial charge in [0.1, 0.15) is 5.82 Å². The van der Waals surface area contributed by atoms with Crippen molar-refractivity contribution in [2.24, 2.45) is 0 Å². The van der Waals surface area contributed by atoms with Crippen molar-refractivity contribution >= 4 is 44.5 Å². The summed E-state index contributed by atoms with van der Waals surface area (Å²) in [5.41, 5.74) is -4.52. The van der Waals surface area contributed by atoms with Gasteiger partial charge in [-0.2, -0.15) is 13.2 Å². The Balaban J connectivity index is 2.06. The molecule has 0 N–H and O–H groups in total. The van der Waals surface area contributed by atoms with Crippen molar-refractivity contribution in [1.82, 2.24) is 4.90 Å². The molecule has 0 unspecified atom stereocenters. The molecule has 0 atom stereocenters. The van der Waals surface area contributed by atoms with Gasteiger partial charge in [0, 0.05) is 19.6 Å². The van der Waals surface area contributed by atoms with E-state index in [0.717, 1.165) is 12.1 Å². The molecule has 12 heteroatoms. The zero-order chi connectivity index (χ0) is 23.1. The molecule has 1 aromatic carbocycles. The van der Waals surface area contributed by atoms with Crippen LogP contribution in [0.15, 0.2) is 46.8 Å². The van der Waals surface area contributed by atoms with Crippen LogP contribution in [0.5, 0.6) is 0 Å². The average Bonchev–Trinajstić information content (AvgIpc) is 3.16. The SMILES string of the molecule is CCN1C(=O)/C(=C\C=C2/N(CC)c3ccc(S(=O)(=O)C(F)(F)F)cc3N2CC)OC1=S. The molecular weight excluding hydrogens is 455 g/mol. The number of allylic oxidation sites excluding steroid dienone is 2. The summed E-state index contributed by atoms with van der Waals surface area (Å²) in [6, 6.07) is 3.31. The second kappa shape index (κ2) is 8.15. The van der Waals surface area contributed by atoms with E-state index in [0.29, 0.717) is 36.8 Å². The van der Waals surface area contributed by atoms with Crippen LogP contribution in [0.2, 0.25) is 0 Å². The summed E-state index contributed by atoms with van der Waals surface area (Å²) in [7, 11) is -5.48. The lowest BCUT2D eigenvalue weighted by Gasteiger charge is -2.23. The molecule has 0 radical (unpaired) electrons. The molecule has 1 fully saturated rings. The van der Waals surface area contributed by atoms with Gasteiger partial charge in [-0.25, -0.2) is 8.42 Å². The fourth-order valence-corrected chi connectivity index (χ4v) is 4.51. The van der Waals surface area contributed by atoms with Crippen molar-refractivity contribution < 1.29 is 31.1 Å². The number of anilines is 2. The number of hydrogen-bond donors (Lipinski definition) is 0. The van der Waals surface area contributed by atoms with Gasteiger partial charge in [0.25, 0.3) is 20.9 Å². The summed E-state index contributed by atoms with van der Waals surface area (Å²) in [5, 5.41) is 0.0496. The Bertz CT molecular complexity index is 1100. The van der Waals surface area contributed by atoms with E-state index in [1.807, 2.05) is 6.92 Å². The second-order valence-corrected chi connectivity index (χ2v) is 8.85. The molecule has 0 aromatic heterocycles. The summed E-state index contributed by atoms with van der Waals surface area (Å²) >= 11 is 5.02. The van der Waals surface area contributed by atoms with Crippen LogP contribution in [0.1, 0.15) is 20.8 Å². The number of benzene rings is 1. The van der Waals surface area contributed by atoms with Crippen molar-refractivity contribution in [3.05, 3.63) is 41.9 Å². The molecule has 0 bridgehead atoms. The van der Waals surface area contributed by atoms with Gasteiger partial charge in [0.05, 0.1) is 16.3 Å². The molecule has 3 rings (SSSR count). The molecule has 1 saturated heterocycles. The highest BCUT2D eigenvalue weighted by Gasteiger charge is 2.47. The second-order valence-electron chi connectivity index (χ2n) is 6.56. The average molecular weight is 476 g/mol. The number of rotatable bonds is 5. The third kappa shape index (κ3) is 3.78. The normalized spacial score (nSPS) is 19.6. The number of fused-ring (bicyclic) bond motifs is 1. The third-order valence-corrected chi connectivity index (χ3v) is 6.69. The van der Waals surface area contributed by atoms with Crippen LogP contribution < -0.4 is 9.80 Å². The number of thiocarbonyl (C=S) groups is 1. The summed E-state index contributed by atoms with van der Waals surface area (Å²) in [5.74, 6) is 0.207. The van der Waals surface area contributed by atoms with Crippen molar-refractivity contribution in [1.29, 1.82) is 0 Å². The summed E-state index contributed by atoms with van der Waals surface area (Å²) in [4.78, 5) is 16.3. The largest absolute Gasteiger partial charge is 0.501 e. The minimum absolute atomic E-state index is 0.0303. The Morgan fingerprint density at radius 3 is 2.10 bits per heavy atom. The lowest BCUT2D eigenvalue weighted by molar-refractivity contribution is -0.122. The maximum absolute atomic E-state index is 13.0. The molecule has 31 heavy (non-hydrogen) atoms. The van der Waals surface area contributed by atoms with Gasteiger partial charge in [-0.05, 0) is 63.3 Å². The maximum Gasteiger partial charge on any atom is 0.501 e. The van der Waals surface area contributed by atoms with E-state index in [-0.39, 0.29) is 16.8 Å². The molecule has 2 aliphatic heterocycles. The van der Waals surface area contributed by atoms with E-state index >= 15 is 0 Å².